The smallest absolute Gasteiger partial charge is 0.290 e. The van der Waals surface area contributed by atoms with E-state index in [0.29, 0.717) is 11.6 Å². The lowest BCUT2D eigenvalue weighted by Gasteiger charge is -2.39. The third kappa shape index (κ3) is 4.37. The number of furan rings is 1. The highest BCUT2D eigenvalue weighted by atomic mass is 35.5. The molecule has 2 aromatic carbocycles. The van der Waals surface area contributed by atoms with Crippen molar-refractivity contribution in [2.75, 3.05) is 18.0 Å². The summed E-state index contributed by atoms with van der Waals surface area (Å²) in [6, 6.07) is 22.3. The molecule has 0 bridgehead atoms. The van der Waals surface area contributed by atoms with E-state index >= 15 is 0 Å². The molecule has 2 aromatic heterocycles. The van der Waals surface area contributed by atoms with Gasteiger partial charge in [0.05, 0.1) is 23.3 Å². The number of aromatic nitrogens is 1. The molecule has 2 amide bonds. The average molecular weight is 488 g/mol. The van der Waals surface area contributed by atoms with Gasteiger partial charge in [0.15, 0.2) is 5.76 Å². The van der Waals surface area contributed by atoms with E-state index in [4.69, 9.17) is 16.0 Å². The van der Waals surface area contributed by atoms with Gasteiger partial charge in [-0.15, -0.1) is 0 Å². The lowest BCUT2D eigenvalue weighted by Crippen LogP contribution is -2.47. The molecule has 0 radical (unpaired) electrons. The van der Waals surface area contributed by atoms with Gasteiger partial charge in [0.2, 0.25) is 5.91 Å². The summed E-state index contributed by atoms with van der Waals surface area (Å²) in [7, 11) is 0. The largest absolute Gasteiger partial charge is 0.459 e. The molecule has 3 heterocycles. The Bertz CT molecular complexity index is 1350. The molecule has 1 unspecified atom stereocenters. The number of carbonyl (C=O) groups is 2. The lowest BCUT2D eigenvalue weighted by atomic mass is 9.97. The normalized spacial score (nSPS) is 14.3. The van der Waals surface area contributed by atoms with Crippen LogP contribution < -0.4 is 4.90 Å². The summed E-state index contributed by atoms with van der Waals surface area (Å²) in [6.45, 7) is 2.46. The molecule has 178 valence electrons. The van der Waals surface area contributed by atoms with E-state index < -0.39 is 6.04 Å². The molecule has 0 spiro atoms. The summed E-state index contributed by atoms with van der Waals surface area (Å²) in [5.74, 6) is -0.233. The van der Waals surface area contributed by atoms with Crippen molar-refractivity contribution in [1.82, 2.24) is 9.47 Å². The molecule has 1 aliphatic heterocycles. The summed E-state index contributed by atoms with van der Waals surface area (Å²) in [6.07, 6.45) is 5.16. The first-order valence-electron chi connectivity index (χ1n) is 11.8. The number of para-hydroxylation sites is 2. The zero-order valence-electron chi connectivity index (χ0n) is 19.4. The van der Waals surface area contributed by atoms with E-state index in [1.54, 1.807) is 21.9 Å². The Balaban J connectivity index is 1.57. The van der Waals surface area contributed by atoms with Crippen molar-refractivity contribution in [2.45, 2.75) is 25.8 Å². The van der Waals surface area contributed by atoms with Gasteiger partial charge in [-0.05, 0) is 60.5 Å². The second-order valence-electron chi connectivity index (χ2n) is 8.57. The third-order valence-corrected chi connectivity index (χ3v) is 6.51. The van der Waals surface area contributed by atoms with Crippen molar-refractivity contribution < 1.29 is 14.0 Å². The highest BCUT2D eigenvalue weighted by Gasteiger charge is 2.37. The van der Waals surface area contributed by atoms with Crippen molar-refractivity contribution in [1.29, 1.82) is 0 Å². The van der Waals surface area contributed by atoms with Crippen LogP contribution in [0.4, 0.5) is 5.69 Å². The fraction of sp³-hybridized carbons (Fsp3) is 0.214. The zero-order chi connectivity index (χ0) is 24.4. The maximum Gasteiger partial charge on any atom is 0.290 e. The first-order chi connectivity index (χ1) is 17.1. The quantitative estimate of drug-likeness (QED) is 0.316. The Labute approximate surface area is 209 Å². The number of unbranched alkanes of at least 4 members (excludes halogenated alkanes) is 1. The Morgan fingerprint density at radius 2 is 1.83 bits per heavy atom. The minimum atomic E-state index is -0.391. The number of benzene rings is 2. The van der Waals surface area contributed by atoms with E-state index in [9.17, 15) is 9.59 Å². The molecule has 1 aliphatic rings. The van der Waals surface area contributed by atoms with Crippen molar-refractivity contribution >= 4 is 29.1 Å². The molecule has 7 heteroatoms. The number of halogens is 1. The Hall–Kier alpha value is -3.77. The first-order valence-corrected chi connectivity index (χ1v) is 12.1. The standard InChI is InChI=1S/C28H26ClN3O3/c1-2-3-15-30(28(34)25-14-8-17-35-25)19-26(33)32-23-12-5-4-11-22(23)31-16-7-13-24(31)27(32)20-9-6-10-21(29)18-20/h4-14,16-18,27H,2-3,15,19H2,1H3. The number of anilines is 1. The van der Waals surface area contributed by atoms with Gasteiger partial charge in [-0.1, -0.05) is 49.2 Å². The molecule has 0 N–H and O–H groups in total. The zero-order valence-corrected chi connectivity index (χ0v) is 20.2. The van der Waals surface area contributed by atoms with Gasteiger partial charge >= 0.3 is 0 Å². The van der Waals surface area contributed by atoms with Gasteiger partial charge < -0.3 is 13.9 Å². The maximum atomic E-state index is 14.1. The van der Waals surface area contributed by atoms with Crippen molar-refractivity contribution in [3.05, 3.63) is 107 Å². The topological polar surface area (TPSA) is 58.7 Å². The summed E-state index contributed by atoms with van der Waals surface area (Å²) < 4.78 is 7.45. The predicted molar refractivity (Wildman–Crippen MR) is 136 cm³/mol. The number of hydrogen-bond acceptors (Lipinski definition) is 3. The summed E-state index contributed by atoms with van der Waals surface area (Å²) in [5.41, 5.74) is 3.55. The van der Waals surface area contributed by atoms with Crippen LogP contribution in [0, 0.1) is 0 Å². The fourth-order valence-electron chi connectivity index (χ4n) is 4.65. The van der Waals surface area contributed by atoms with Crippen LogP contribution in [-0.4, -0.2) is 34.4 Å². The highest BCUT2D eigenvalue weighted by molar-refractivity contribution is 6.30. The summed E-state index contributed by atoms with van der Waals surface area (Å²) in [5, 5.41) is 0.601. The van der Waals surface area contributed by atoms with Gasteiger partial charge in [0, 0.05) is 17.8 Å². The molecule has 0 fully saturated rings. The van der Waals surface area contributed by atoms with Crippen LogP contribution in [0.3, 0.4) is 0 Å². The van der Waals surface area contributed by atoms with E-state index in [-0.39, 0.29) is 24.1 Å². The average Bonchev–Trinajstić information content (AvgIpc) is 3.58. The molecular weight excluding hydrogens is 462 g/mol. The number of carbonyl (C=O) groups excluding carboxylic acids is 2. The van der Waals surface area contributed by atoms with Crippen molar-refractivity contribution in [3.8, 4) is 5.69 Å². The predicted octanol–water partition coefficient (Wildman–Crippen LogP) is 6.10. The lowest BCUT2D eigenvalue weighted by molar-refractivity contribution is -0.119. The number of fused-ring (bicyclic) bond motifs is 3. The molecule has 5 rings (SSSR count). The second kappa shape index (κ2) is 9.84. The van der Waals surface area contributed by atoms with Crippen LogP contribution in [0.5, 0.6) is 0 Å². The first kappa shape index (κ1) is 23.0. The number of hydrogen-bond donors (Lipinski definition) is 0. The van der Waals surface area contributed by atoms with Crippen LogP contribution in [0.25, 0.3) is 5.69 Å². The minimum absolute atomic E-state index is 0.0638. The van der Waals surface area contributed by atoms with Crippen LogP contribution >= 0.6 is 11.6 Å². The van der Waals surface area contributed by atoms with Gasteiger partial charge in [0.1, 0.15) is 12.6 Å². The van der Waals surface area contributed by atoms with E-state index in [1.807, 2.05) is 66.9 Å². The van der Waals surface area contributed by atoms with E-state index in [1.165, 1.54) is 6.26 Å². The van der Waals surface area contributed by atoms with Gasteiger partial charge in [-0.3, -0.25) is 14.5 Å². The SMILES string of the molecule is CCCCN(CC(=O)N1c2ccccc2-n2cccc2C1c1cccc(Cl)c1)C(=O)c1ccco1. The molecule has 6 nitrogen and oxygen atoms in total. The Morgan fingerprint density at radius 1 is 1.00 bits per heavy atom. The maximum absolute atomic E-state index is 14.1. The van der Waals surface area contributed by atoms with E-state index in [0.717, 1.165) is 35.5 Å². The van der Waals surface area contributed by atoms with Gasteiger partial charge in [-0.2, -0.15) is 0 Å². The fourth-order valence-corrected chi connectivity index (χ4v) is 4.85. The van der Waals surface area contributed by atoms with Crippen LogP contribution in [0.2, 0.25) is 5.02 Å². The van der Waals surface area contributed by atoms with Crippen LogP contribution in [0.15, 0.2) is 89.7 Å². The number of nitrogens with zero attached hydrogens (tertiary/aromatic N) is 3. The van der Waals surface area contributed by atoms with Gasteiger partial charge in [0.25, 0.3) is 5.91 Å². The molecule has 35 heavy (non-hydrogen) atoms. The van der Waals surface area contributed by atoms with E-state index in [2.05, 4.69) is 11.5 Å². The summed E-state index contributed by atoms with van der Waals surface area (Å²) >= 11 is 6.36. The molecule has 4 aromatic rings. The molecule has 1 atom stereocenters. The molecule has 0 saturated heterocycles. The molecular formula is C28H26ClN3O3. The molecule has 0 aliphatic carbocycles. The number of amides is 2. The van der Waals surface area contributed by atoms with Crippen molar-refractivity contribution in [3.63, 3.8) is 0 Å². The third-order valence-electron chi connectivity index (χ3n) is 6.28. The molecule has 0 saturated carbocycles. The number of rotatable bonds is 7. The van der Waals surface area contributed by atoms with Crippen molar-refractivity contribution in [2.24, 2.45) is 0 Å². The Morgan fingerprint density at radius 3 is 2.57 bits per heavy atom. The van der Waals surface area contributed by atoms with Crippen LogP contribution in [0.1, 0.15) is 47.6 Å². The summed E-state index contributed by atoms with van der Waals surface area (Å²) in [4.78, 5) is 30.6. The minimum Gasteiger partial charge on any atom is -0.459 e. The highest BCUT2D eigenvalue weighted by Crippen LogP contribution is 2.42. The second-order valence-corrected chi connectivity index (χ2v) is 9.01. The van der Waals surface area contributed by atoms with Crippen LogP contribution in [-0.2, 0) is 4.79 Å². The monoisotopic (exact) mass is 487 g/mol. The van der Waals surface area contributed by atoms with Gasteiger partial charge in [-0.25, -0.2) is 0 Å². The Kier molecular flexibility index (Phi) is 6.47.